The highest BCUT2D eigenvalue weighted by atomic mass is 35.5. The second-order valence-electron chi connectivity index (χ2n) is 11.4. The zero-order valence-electron chi connectivity index (χ0n) is 22.4. The molecule has 204 valence electrons. The van der Waals surface area contributed by atoms with Gasteiger partial charge in [-0.3, -0.25) is 14.4 Å². The lowest BCUT2D eigenvalue weighted by Crippen LogP contribution is -2.57. The minimum atomic E-state index is -0.951. The summed E-state index contributed by atoms with van der Waals surface area (Å²) >= 11 is 0. The van der Waals surface area contributed by atoms with Crippen molar-refractivity contribution in [3.05, 3.63) is 48.0 Å². The van der Waals surface area contributed by atoms with Crippen molar-refractivity contribution in [3.8, 4) is 0 Å². The quantitative estimate of drug-likeness (QED) is 0.416. The average molecular weight is 533 g/mol. The Balaban J connectivity index is 0.00000481. The Bertz CT molecular complexity index is 1110. The Morgan fingerprint density at radius 3 is 2.35 bits per heavy atom. The molecule has 1 aliphatic rings. The van der Waals surface area contributed by atoms with E-state index in [1.165, 1.54) is 0 Å². The zero-order chi connectivity index (χ0) is 26.7. The maximum Gasteiger partial charge on any atom is 0.243 e. The van der Waals surface area contributed by atoms with Crippen molar-refractivity contribution >= 4 is 40.9 Å². The number of nitrogens with two attached hydrogens (primary N) is 1. The number of nitrogens with one attached hydrogen (secondary N) is 2. The van der Waals surface area contributed by atoms with Gasteiger partial charge in [-0.25, -0.2) is 0 Å². The molecule has 2 aromatic rings. The maximum atomic E-state index is 13.3. The topological polar surface area (TPSA) is 125 Å². The fourth-order valence-electron chi connectivity index (χ4n) is 4.38. The number of carbonyl (C=O) groups excluding carboxylic acids is 3. The Morgan fingerprint density at radius 2 is 1.73 bits per heavy atom. The predicted octanol–water partition coefficient (Wildman–Crippen LogP) is 2.54. The van der Waals surface area contributed by atoms with Crippen molar-refractivity contribution in [2.75, 3.05) is 13.1 Å². The van der Waals surface area contributed by atoms with E-state index in [-0.39, 0.29) is 37.2 Å². The SMILES string of the molecule is CC(C)(C)C(=O)N1CCCC1C(=O)N[C@H](Cc1ccc2ccccc2c1)C(=O)NCC(O)C(C)(C)N.Cl. The van der Waals surface area contributed by atoms with Gasteiger partial charge in [0, 0.05) is 30.5 Å². The number of halogens is 1. The van der Waals surface area contributed by atoms with E-state index >= 15 is 0 Å². The van der Waals surface area contributed by atoms with Gasteiger partial charge in [0.05, 0.1) is 6.10 Å². The third-order valence-electron chi connectivity index (χ3n) is 6.67. The summed E-state index contributed by atoms with van der Waals surface area (Å²) in [5.41, 5.74) is 5.35. The average Bonchev–Trinajstić information content (AvgIpc) is 3.30. The second kappa shape index (κ2) is 12.2. The fourth-order valence-corrected chi connectivity index (χ4v) is 4.38. The molecule has 0 bridgehead atoms. The lowest BCUT2D eigenvalue weighted by Gasteiger charge is -2.31. The molecule has 0 aromatic heterocycles. The standard InChI is InChI=1S/C28H40N4O4.ClH/c1-27(2,3)26(36)32-14-8-11-22(32)25(35)31-21(24(34)30-17-23(33)28(4,5)29)16-18-12-13-19-9-6-7-10-20(19)15-18;/h6-7,9-10,12-13,15,21-23,33H,8,11,14,16-17,29H2,1-5H3,(H,30,34)(H,31,35);1H/t21-,22?,23?;/m1./s1. The summed E-state index contributed by atoms with van der Waals surface area (Å²) in [5, 5.41) is 18.0. The number of aliphatic hydroxyl groups is 1. The van der Waals surface area contributed by atoms with E-state index in [4.69, 9.17) is 5.73 Å². The van der Waals surface area contributed by atoms with Crippen LogP contribution in [0.25, 0.3) is 10.8 Å². The normalized spacial score (nSPS) is 17.6. The molecule has 1 saturated heterocycles. The Labute approximate surface area is 225 Å². The number of likely N-dealkylation sites (tertiary alicyclic amines) is 1. The molecule has 3 amide bonds. The van der Waals surface area contributed by atoms with Crippen LogP contribution < -0.4 is 16.4 Å². The van der Waals surface area contributed by atoms with Crippen molar-refractivity contribution in [2.24, 2.45) is 11.1 Å². The number of benzene rings is 2. The van der Waals surface area contributed by atoms with E-state index in [2.05, 4.69) is 10.6 Å². The molecule has 1 aliphatic heterocycles. The Hall–Kier alpha value is -2.68. The number of nitrogens with zero attached hydrogens (tertiary/aromatic N) is 1. The molecule has 0 saturated carbocycles. The first-order valence-corrected chi connectivity index (χ1v) is 12.6. The van der Waals surface area contributed by atoms with Crippen LogP contribution in [0.3, 0.4) is 0 Å². The summed E-state index contributed by atoms with van der Waals surface area (Å²) in [6.45, 7) is 9.35. The van der Waals surface area contributed by atoms with Crippen molar-refractivity contribution in [3.63, 3.8) is 0 Å². The van der Waals surface area contributed by atoms with Crippen molar-refractivity contribution in [2.45, 2.75) is 77.6 Å². The van der Waals surface area contributed by atoms with Crippen molar-refractivity contribution in [1.82, 2.24) is 15.5 Å². The molecular formula is C28H41ClN4O4. The molecule has 0 aliphatic carbocycles. The number of fused-ring (bicyclic) bond motifs is 1. The molecule has 0 radical (unpaired) electrons. The van der Waals surface area contributed by atoms with E-state index in [9.17, 15) is 19.5 Å². The molecule has 8 nitrogen and oxygen atoms in total. The predicted molar refractivity (Wildman–Crippen MR) is 148 cm³/mol. The van der Waals surface area contributed by atoms with Gasteiger partial charge >= 0.3 is 0 Å². The monoisotopic (exact) mass is 532 g/mol. The first-order chi connectivity index (χ1) is 16.8. The summed E-state index contributed by atoms with van der Waals surface area (Å²) in [6, 6.07) is 12.4. The lowest BCUT2D eigenvalue weighted by atomic mass is 9.94. The second-order valence-corrected chi connectivity index (χ2v) is 11.4. The molecule has 3 atom stereocenters. The van der Waals surface area contributed by atoms with Gasteiger partial charge in [-0.1, -0.05) is 63.2 Å². The van der Waals surface area contributed by atoms with Crippen LogP contribution >= 0.6 is 12.4 Å². The van der Waals surface area contributed by atoms with Crippen LogP contribution in [0.4, 0.5) is 0 Å². The molecule has 3 rings (SSSR count). The van der Waals surface area contributed by atoms with E-state index in [1.54, 1.807) is 18.7 Å². The fraction of sp³-hybridized carbons (Fsp3) is 0.536. The van der Waals surface area contributed by atoms with Crippen molar-refractivity contribution in [1.29, 1.82) is 0 Å². The first kappa shape index (κ1) is 30.5. The van der Waals surface area contributed by atoms with E-state index in [0.717, 1.165) is 22.8 Å². The van der Waals surface area contributed by atoms with Crippen molar-refractivity contribution < 1.29 is 19.5 Å². The number of rotatable bonds is 8. The molecule has 5 N–H and O–H groups in total. The van der Waals surface area contributed by atoms with Crippen LogP contribution in [0.1, 0.15) is 53.0 Å². The number of aliphatic hydroxyl groups excluding tert-OH is 1. The van der Waals surface area contributed by atoms with Gasteiger partial charge in [0.25, 0.3) is 0 Å². The van der Waals surface area contributed by atoms with Crippen LogP contribution in [0.15, 0.2) is 42.5 Å². The van der Waals surface area contributed by atoms with Crippen LogP contribution in [0.5, 0.6) is 0 Å². The summed E-state index contributed by atoms with van der Waals surface area (Å²) in [6.07, 6.45) is 0.607. The summed E-state index contributed by atoms with van der Waals surface area (Å²) in [7, 11) is 0. The highest BCUT2D eigenvalue weighted by Gasteiger charge is 2.39. The molecule has 1 fully saturated rings. The molecule has 2 unspecified atom stereocenters. The number of amides is 3. The Kier molecular flexibility index (Phi) is 10.1. The highest BCUT2D eigenvalue weighted by molar-refractivity contribution is 5.93. The van der Waals surface area contributed by atoms with E-state index in [1.807, 2.05) is 63.2 Å². The molecule has 2 aromatic carbocycles. The minimum absolute atomic E-state index is 0. The number of hydrogen-bond acceptors (Lipinski definition) is 5. The molecule has 0 spiro atoms. The zero-order valence-corrected chi connectivity index (χ0v) is 23.2. The van der Waals surface area contributed by atoms with E-state index in [0.29, 0.717) is 13.0 Å². The van der Waals surface area contributed by atoms with Gasteiger partial charge < -0.3 is 26.4 Å². The number of hydrogen-bond donors (Lipinski definition) is 4. The third-order valence-corrected chi connectivity index (χ3v) is 6.67. The van der Waals surface area contributed by atoms with Gasteiger partial charge in [0.2, 0.25) is 17.7 Å². The van der Waals surface area contributed by atoms with E-state index < -0.39 is 35.0 Å². The van der Waals surface area contributed by atoms with Crippen LogP contribution in [-0.2, 0) is 20.8 Å². The number of carbonyl (C=O) groups is 3. The van der Waals surface area contributed by atoms with Gasteiger partial charge in [-0.15, -0.1) is 12.4 Å². The summed E-state index contributed by atoms with van der Waals surface area (Å²) < 4.78 is 0. The molecular weight excluding hydrogens is 492 g/mol. The molecule has 9 heteroatoms. The maximum absolute atomic E-state index is 13.3. The third kappa shape index (κ3) is 7.90. The molecule has 1 heterocycles. The van der Waals surface area contributed by atoms with Gasteiger partial charge in [0.15, 0.2) is 0 Å². The Morgan fingerprint density at radius 1 is 1.08 bits per heavy atom. The lowest BCUT2D eigenvalue weighted by molar-refractivity contribution is -0.145. The first-order valence-electron chi connectivity index (χ1n) is 12.6. The van der Waals surface area contributed by atoms with Gasteiger partial charge in [-0.05, 0) is 43.0 Å². The summed E-state index contributed by atoms with van der Waals surface area (Å²) in [5.74, 6) is -0.832. The van der Waals surface area contributed by atoms with Gasteiger partial charge in [-0.2, -0.15) is 0 Å². The largest absolute Gasteiger partial charge is 0.389 e. The van der Waals surface area contributed by atoms with Crippen LogP contribution in [-0.4, -0.2) is 64.5 Å². The highest BCUT2D eigenvalue weighted by Crippen LogP contribution is 2.26. The van der Waals surface area contributed by atoms with Gasteiger partial charge in [0.1, 0.15) is 12.1 Å². The molecule has 37 heavy (non-hydrogen) atoms. The summed E-state index contributed by atoms with van der Waals surface area (Å²) in [4.78, 5) is 41.1. The van der Waals surface area contributed by atoms with Crippen LogP contribution in [0.2, 0.25) is 0 Å². The smallest absolute Gasteiger partial charge is 0.243 e. The van der Waals surface area contributed by atoms with Crippen LogP contribution in [0, 0.1) is 5.41 Å². The minimum Gasteiger partial charge on any atom is -0.389 e.